The average Bonchev–Trinajstić information content (AvgIpc) is 3.58. The van der Waals surface area contributed by atoms with Crippen LogP contribution in [0.25, 0.3) is 29.9 Å². The second-order valence-corrected chi connectivity index (χ2v) is 10.3. The molecule has 5 rings (SSSR count). The monoisotopic (exact) mass is 512 g/mol. The molecule has 0 unspecified atom stereocenters. The number of aromatic amines is 2. The Balaban J connectivity index is 1.81. The van der Waals surface area contributed by atoms with Gasteiger partial charge in [-0.05, 0) is 56.0 Å². The molecule has 1 aliphatic carbocycles. The third kappa shape index (κ3) is 3.80. The van der Waals surface area contributed by atoms with Crippen LogP contribution in [-0.2, 0) is 9.53 Å². The molecule has 1 saturated heterocycles. The SMILES string of the molecule is C=Cc1c2[nH]c(c1C)/C=C1\NC(=C3c4[nH]c(c(C)c4C(=O)[C@@H]3C(=O)OC)/C=C\N/C(CC)=C\2)[C@@H](CC)[C@@H]1C. The van der Waals surface area contributed by atoms with Gasteiger partial charge in [0, 0.05) is 68.9 Å². The lowest BCUT2D eigenvalue weighted by atomic mass is 9.86. The maximum atomic E-state index is 13.7. The number of H-pyrrole nitrogens is 2. The number of allylic oxidation sites excluding steroid dienone is 3. The lowest BCUT2D eigenvalue weighted by molar-refractivity contribution is -0.141. The van der Waals surface area contributed by atoms with Crippen molar-refractivity contribution in [2.45, 2.75) is 47.5 Å². The average molecular weight is 513 g/mol. The first-order valence-corrected chi connectivity index (χ1v) is 13.3. The number of rotatable bonds is 4. The topological polar surface area (TPSA) is 99.0 Å². The number of ketones is 1. The number of carbonyl (C=O) groups is 2. The van der Waals surface area contributed by atoms with Crippen molar-refractivity contribution in [1.82, 2.24) is 20.6 Å². The van der Waals surface area contributed by atoms with E-state index >= 15 is 0 Å². The smallest absolute Gasteiger partial charge is 0.321 e. The summed E-state index contributed by atoms with van der Waals surface area (Å²) in [6, 6.07) is 0. The second-order valence-electron chi connectivity index (χ2n) is 10.3. The molecule has 4 heterocycles. The van der Waals surface area contributed by atoms with Crippen LogP contribution in [0.1, 0.15) is 83.4 Å². The van der Waals surface area contributed by atoms with Gasteiger partial charge in [0.25, 0.3) is 0 Å². The summed E-state index contributed by atoms with van der Waals surface area (Å²) in [5.41, 5.74) is 10.8. The van der Waals surface area contributed by atoms with E-state index in [0.717, 1.165) is 63.7 Å². The minimum Gasteiger partial charge on any atom is -0.468 e. The van der Waals surface area contributed by atoms with Crippen molar-refractivity contribution in [2.75, 3.05) is 7.11 Å². The first-order chi connectivity index (χ1) is 18.2. The van der Waals surface area contributed by atoms with Crippen LogP contribution in [0, 0.1) is 31.6 Å². The van der Waals surface area contributed by atoms with E-state index in [0.29, 0.717) is 16.8 Å². The summed E-state index contributed by atoms with van der Waals surface area (Å²) in [6.07, 6.45) is 11.7. The van der Waals surface area contributed by atoms with Crippen molar-refractivity contribution in [1.29, 1.82) is 0 Å². The van der Waals surface area contributed by atoms with Crippen LogP contribution in [0.4, 0.5) is 0 Å². The van der Waals surface area contributed by atoms with E-state index in [2.05, 4.69) is 67.0 Å². The molecule has 7 heteroatoms. The van der Waals surface area contributed by atoms with Gasteiger partial charge in [0.1, 0.15) is 5.92 Å². The molecule has 0 spiro atoms. The quantitative estimate of drug-likeness (QED) is 0.301. The molecule has 0 radical (unpaired) electrons. The predicted octanol–water partition coefficient (Wildman–Crippen LogP) is 5.93. The highest BCUT2D eigenvalue weighted by atomic mass is 16.5. The van der Waals surface area contributed by atoms with E-state index in [1.165, 1.54) is 7.11 Å². The van der Waals surface area contributed by atoms with Gasteiger partial charge in [-0.1, -0.05) is 33.4 Å². The van der Waals surface area contributed by atoms with Gasteiger partial charge in [-0.2, -0.15) is 0 Å². The fourth-order valence-electron chi connectivity index (χ4n) is 6.15. The molecule has 0 saturated carbocycles. The number of carbonyl (C=O) groups excluding carboxylic acids is 2. The largest absolute Gasteiger partial charge is 0.468 e. The molecule has 3 aliphatic rings. The second kappa shape index (κ2) is 9.71. The third-order valence-electron chi connectivity index (χ3n) is 8.36. The summed E-state index contributed by atoms with van der Waals surface area (Å²) >= 11 is 0. The van der Waals surface area contributed by atoms with Gasteiger partial charge in [0.15, 0.2) is 5.78 Å². The maximum Gasteiger partial charge on any atom is 0.321 e. The number of hydrogen-bond donors (Lipinski definition) is 4. The number of hydrogen-bond acceptors (Lipinski definition) is 5. The number of fused-ring (bicyclic) bond motifs is 5. The molecular weight excluding hydrogens is 476 g/mol. The van der Waals surface area contributed by atoms with Crippen molar-refractivity contribution in [2.24, 2.45) is 17.8 Å². The summed E-state index contributed by atoms with van der Waals surface area (Å²) in [7, 11) is 1.34. The van der Waals surface area contributed by atoms with Gasteiger partial charge >= 0.3 is 5.97 Å². The minimum atomic E-state index is -0.987. The summed E-state index contributed by atoms with van der Waals surface area (Å²) in [6.45, 7) is 14.5. The highest BCUT2D eigenvalue weighted by Crippen LogP contribution is 2.48. The van der Waals surface area contributed by atoms with Gasteiger partial charge in [-0.25, -0.2) is 0 Å². The van der Waals surface area contributed by atoms with Crippen molar-refractivity contribution < 1.29 is 14.3 Å². The fourth-order valence-corrected chi connectivity index (χ4v) is 6.15. The van der Waals surface area contributed by atoms with Gasteiger partial charge in [-0.3, -0.25) is 9.59 Å². The molecule has 198 valence electrons. The number of aromatic nitrogens is 2. The summed E-state index contributed by atoms with van der Waals surface area (Å²) < 4.78 is 5.13. The van der Waals surface area contributed by atoms with Gasteiger partial charge in [0.2, 0.25) is 0 Å². The zero-order chi connectivity index (χ0) is 27.3. The number of methoxy groups -OCH3 is 1. The van der Waals surface area contributed by atoms with E-state index in [-0.39, 0.29) is 17.6 Å². The lowest BCUT2D eigenvalue weighted by Crippen LogP contribution is -2.25. The van der Waals surface area contributed by atoms with Crippen LogP contribution in [0.15, 0.2) is 29.9 Å². The van der Waals surface area contributed by atoms with Gasteiger partial charge < -0.3 is 25.3 Å². The van der Waals surface area contributed by atoms with Crippen LogP contribution in [0.2, 0.25) is 0 Å². The Morgan fingerprint density at radius 2 is 1.87 bits per heavy atom. The highest BCUT2D eigenvalue weighted by molar-refractivity contribution is 6.24. The Morgan fingerprint density at radius 3 is 2.53 bits per heavy atom. The van der Waals surface area contributed by atoms with E-state index in [1.807, 2.05) is 25.3 Å². The molecule has 0 amide bonds. The van der Waals surface area contributed by atoms with Crippen molar-refractivity contribution in [3.63, 3.8) is 0 Å². The Hall–Kier alpha value is -4.00. The van der Waals surface area contributed by atoms with E-state index in [1.54, 1.807) is 0 Å². The van der Waals surface area contributed by atoms with E-state index < -0.39 is 11.9 Å². The summed E-state index contributed by atoms with van der Waals surface area (Å²) in [5.74, 6) is -1.46. The predicted molar refractivity (Wildman–Crippen MR) is 152 cm³/mol. The minimum absolute atomic E-state index is 0.113. The molecule has 3 atom stereocenters. The molecular formula is C31H36N4O3. The van der Waals surface area contributed by atoms with Gasteiger partial charge in [-0.15, -0.1) is 0 Å². The summed E-state index contributed by atoms with van der Waals surface area (Å²) in [5, 5.41) is 7.06. The van der Waals surface area contributed by atoms with Crippen LogP contribution in [0.5, 0.6) is 0 Å². The highest BCUT2D eigenvalue weighted by Gasteiger charge is 2.48. The van der Waals surface area contributed by atoms with Crippen molar-refractivity contribution in [3.8, 4) is 0 Å². The van der Waals surface area contributed by atoms with Gasteiger partial charge in [0.05, 0.1) is 12.8 Å². The zero-order valence-corrected chi connectivity index (χ0v) is 23.0. The molecule has 7 nitrogen and oxygen atoms in total. The molecule has 2 aromatic rings. The van der Waals surface area contributed by atoms with Crippen LogP contribution >= 0.6 is 0 Å². The number of nitrogens with one attached hydrogen (secondary N) is 4. The molecule has 1 fully saturated rings. The summed E-state index contributed by atoms with van der Waals surface area (Å²) in [4.78, 5) is 33.8. The number of ether oxygens (including phenoxy) is 1. The molecule has 2 aromatic heterocycles. The molecule has 2 aliphatic heterocycles. The molecule has 38 heavy (non-hydrogen) atoms. The van der Waals surface area contributed by atoms with Crippen molar-refractivity contribution >= 4 is 41.6 Å². The first-order valence-electron chi connectivity index (χ1n) is 13.3. The van der Waals surface area contributed by atoms with Crippen LogP contribution < -0.4 is 10.6 Å². The molecule has 6 bridgehead atoms. The maximum absolute atomic E-state index is 13.7. The normalized spacial score (nSPS) is 25.7. The van der Waals surface area contributed by atoms with Crippen molar-refractivity contribution in [3.05, 3.63) is 74.9 Å². The Kier molecular flexibility index (Phi) is 6.55. The molecule has 0 aromatic carbocycles. The fraction of sp³-hybridized carbons (Fsp3) is 0.355. The first kappa shape index (κ1) is 25.6. The Labute approximate surface area is 223 Å². The number of Topliss-reactive ketones (excluding diaryl/α,β-unsaturated/α-hetero) is 1. The lowest BCUT2D eigenvalue weighted by Gasteiger charge is -2.18. The molecule has 4 N–H and O–H groups in total. The third-order valence-corrected chi connectivity index (χ3v) is 8.36. The van der Waals surface area contributed by atoms with Crippen LogP contribution in [-0.4, -0.2) is 28.8 Å². The van der Waals surface area contributed by atoms with E-state index in [4.69, 9.17) is 4.74 Å². The zero-order valence-electron chi connectivity index (χ0n) is 23.0. The van der Waals surface area contributed by atoms with E-state index in [9.17, 15) is 9.59 Å². The Morgan fingerprint density at radius 1 is 1.11 bits per heavy atom. The van der Waals surface area contributed by atoms with Crippen LogP contribution in [0.3, 0.4) is 0 Å². The Bertz CT molecular complexity index is 1480. The number of esters is 1. The standard InChI is InChI=1S/C31H36N4O3/c1-8-18-13-24-19(9-2)15(4)22(33-24)14-23-16(5)20(10-3)28(35-23)26-27(31(37)38-7)30(36)25-17(6)21(11-12-32-18)34-29(25)26/h9,11-14,16,20,27,32-35H,2,8,10H2,1,3-7H3/b12-11-,18-13-,23-14-,28-26?/t16-,20-,27+/m0/s1.